The van der Waals surface area contributed by atoms with Crippen molar-refractivity contribution in [1.29, 1.82) is 0 Å². The zero-order valence-corrected chi connectivity index (χ0v) is 15.5. The van der Waals surface area contributed by atoms with E-state index in [-0.39, 0.29) is 18.2 Å². The lowest BCUT2D eigenvalue weighted by Gasteiger charge is -2.35. The molecule has 0 bridgehead atoms. The quantitative estimate of drug-likeness (QED) is 0.766. The van der Waals surface area contributed by atoms with Gasteiger partial charge >= 0.3 is 12.1 Å². The number of amides is 1. The molecule has 0 unspecified atom stereocenters. The molecule has 1 fully saturated rings. The van der Waals surface area contributed by atoms with Crippen LogP contribution in [-0.4, -0.2) is 60.8 Å². The fourth-order valence-corrected chi connectivity index (χ4v) is 2.66. The van der Waals surface area contributed by atoms with Gasteiger partial charge in [-0.2, -0.15) is 0 Å². The normalized spacial score (nSPS) is 15.7. The van der Waals surface area contributed by atoms with Gasteiger partial charge < -0.3 is 14.4 Å². The number of benzene rings is 1. The molecule has 144 valence electrons. The predicted octanol–water partition coefficient (Wildman–Crippen LogP) is 2.80. The van der Waals surface area contributed by atoms with Gasteiger partial charge in [-0.25, -0.2) is 18.4 Å². The number of esters is 1. The SMILES string of the molecule is COC(=O)c1c(F)ccc(CN2CCN(C(=O)OC(C)(C)C)CC2)c1F. The maximum Gasteiger partial charge on any atom is 0.410 e. The number of hydrogen-bond acceptors (Lipinski definition) is 5. The van der Waals surface area contributed by atoms with Crippen molar-refractivity contribution in [2.24, 2.45) is 0 Å². The molecule has 1 saturated heterocycles. The van der Waals surface area contributed by atoms with Crippen LogP contribution in [0, 0.1) is 11.6 Å². The third kappa shape index (κ3) is 4.91. The summed E-state index contributed by atoms with van der Waals surface area (Å²) in [4.78, 5) is 27.1. The second-order valence-corrected chi connectivity index (χ2v) is 7.13. The van der Waals surface area contributed by atoms with Crippen LogP contribution in [-0.2, 0) is 16.0 Å². The number of halogens is 2. The summed E-state index contributed by atoms with van der Waals surface area (Å²) in [5.41, 5.74) is -1.04. The van der Waals surface area contributed by atoms with Gasteiger partial charge in [-0.15, -0.1) is 0 Å². The second-order valence-electron chi connectivity index (χ2n) is 7.13. The predicted molar refractivity (Wildman–Crippen MR) is 90.8 cm³/mol. The van der Waals surface area contributed by atoms with Crippen molar-refractivity contribution in [3.05, 3.63) is 34.9 Å². The Morgan fingerprint density at radius 2 is 1.73 bits per heavy atom. The van der Waals surface area contributed by atoms with E-state index in [0.717, 1.165) is 13.2 Å². The third-order valence-corrected chi connectivity index (χ3v) is 3.98. The Morgan fingerprint density at radius 3 is 2.27 bits per heavy atom. The van der Waals surface area contributed by atoms with Crippen LogP contribution >= 0.6 is 0 Å². The molecule has 2 rings (SSSR count). The van der Waals surface area contributed by atoms with E-state index in [1.807, 2.05) is 4.90 Å². The maximum absolute atomic E-state index is 14.5. The number of carbonyl (C=O) groups is 2. The molecule has 6 nitrogen and oxygen atoms in total. The molecule has 1 aliphatic rings. The lowest BCUT2D eigenvalue weighted by molar-refractivity contribution is 0.0137. The minimum atomic E-state index is -1.04. The van der Waals surface area contributed by atoms with Crippen molar-refractivity contribution in [2.45, 2.75) is 32.9 Å². The van der Waals surface area contributed by atoms with Crippen molar-refractivity contribution < 1.29 is 27.8 Å². The molecule has 1 amide bonds. The smallest absolute Gasteiger partial charge is 0.410 e. The second kappa shape index (κ2) is 7.99. The van der Waals surface area contributed by atoms with Crippen LogP contribution in [0.25, 0.3) is 0 Å². The molecular weight excluding hydrogens is 346 g/mol. The Labute approximate surface area is 151 Å². The number of ether oxygens (including phenoxy) is 2. The summed E-state index contributed by atoms with van der Waals surface area (Å²) in [5.74, 6) is -2.91. The first kappa shape index (κ1) is 20.1. The molecule has 1 aromatic carbocycles. The molecule has 0 spiro atoms. The minimum Gasteiger partial charge on any atom is -0.465 e. The van der Waals surface area contributed by atoms with E-state index < -0.39 is 28.8 Å². The molecule has 26 heavy (non-hydrogen) atoms. The summed E-state index contributed by atoms with van der Waals surface area (Å²) >= 11 is 0. The van der Waals surface area contributed by atoms with Crippen LogP contribution in [0.1, 0.15) is 36.7 Å². The zero-order chi connectivity index (χ0) is 19.5. The van der Waals surface area contributed by atoms with Gasteiger partial charge in [0, 0.05) is 38.3 Å². The largest absolute Gasteiger partial charge is 0.465 e. The van der Waals surface area contributed by atoms with Crippen molar-refractivity contribution >= 4 is 12.1 Å². The minimum absolute atomic E-state index is 0.206. The topological polar surface area (TPSA) is 59.1 Å². The van der Waals surface area contributed by atoms with E-state index in [4.69, 9.17) is 4.74 Å². The van der Waals surface area contributed by atoms with Crippen molar-refractivity contribution in [3.8, 4) is 0 Å². The molecule has 0 aliphatic carbocycles. The highest BCUT2D eigenvalue weighted by molar-refractivity contribution is 5.90. The van der Waals surface area contributed by atoms with Gasteiger partial charge in [-0.1, -0.05) is 6.07 Å². The van der Waals surface area contributed by atoms with Gasteiger partial charge in [0.2, 0.25) is 0 Å². The van der Waals surface area contributed by atoms with Crippen LogP contribution in [0.4, 0.5) is 13.6 Å². The molecule has 1 aliphatic heterocycles. The van der Waals surface area contributed by atoms with Gasteiger partial charge in [-0.05, 0) is 26.8 Å². The Morgan fingerprint density at radius 1 is 1.12 bits per heavy atom. The maximum atomic E-state index is 14.5. The summed E-state index contributed by atoms with van der Waals surface area (Å²) in [6.07, 6.45) is -0.377. The van der Waals surface area contributed by atoms with Crippen molar-refractivity contribution in [3.63, 3.8) is 0 Å². The number of carbonyl (C=O) groups excluding carboxylic acids is 2. The molecule has 0 N–H and O–H groups in total. The Kier molecular flexibility index (Phi) is 6.17. The van der Waals surface area contributed by atoms with E-state index in [2.05, 4.69) is 4.74 Å². The third-order valence-electron chi connectivity index (χ3n) is 3.98. The fraction of sp³-hybridized carbons (Fsp3) is 0.556. The average molecular weight is 370 g/mol. The summed E-state index contributed by atoms with van der Waals surface area (Å²) in [5, 5.41) is 0. The van der Waals surface area contributed by atoms with Crippen LogP contribution in [0.5, 0.6) is 0 Å². The summed E-state index contributed by atoms with van der Waals surface area (Å²) in [6, 6.07) is 2.37. The number of piperazine rings is 1. The van der Waals surface area contributed by atoms with Crippen LogP contribution in [0.2, 0.25) is 0 Å². The number of nitrogens with zero attached hydrogens (tertiary/aromatic N) is 2. The fourth-order valence-electron chi connectivity index (χ4n) is 2.66. The van der Waals surface area contributed by atoms with Crippen LogP contribution in [0.15, 0.2) is 12.1 Å². The molecule has 0 atom stereocenters. The van der Waals surface area contributed by atoms with Gasteiger partial charge in [0.15, 0.2) is 0 Å². The van der Waals surface area contributed by atoms with Gasteiger partial charge in [0.05, 0.1) is 7.11 Å². The highest BCUT2D eigenvalue weighted by Crippen LogP contribution is 2.20. The van der Waals surface area contributed by atoms with Gasteiger partial charge in [0.25, 0.3) is 0 Å². The van der Waals surface area contributed by atoms with Gasteiger partial charge in [-0.3, -0.25) is 4.90 Å². The number of methoxy groups -OCH3 is 1. The van der Waals surface area contributed by atoms with E-state index >= 15 is 0 Å². The lowest BCUT2D eigenvalue weighted by Crippen LogP contribution is -2.49. The zero-order valence-electron chi connectivity index (χ0n) is 15.5. The first-order valence-electron chi connectivity index (χ1n) is 8.38. The van der Waals surface area contributed by atoms with E-state index in [9.17, 15) is 18.4 Å². The Balaban J connectivity index is 2.00. The van der Waals surface area contributed by atoms with Crippen molar-refractivity contribution in [2.75, 3.05) is 33.3 Å². The highest BCUT2D eigenvalue weighted by Gasteiger charge is 2.27. The molecule has 1 aromatic rings. The first-order valence-corrected chi connectivity index (χ1v) is 8.38. The van der Waals surface area contributed by atoms with Crippen LogP contribution < -0.4 is 0 Å². The summed E-state index contributed by atoms with van der Waals surface area (Å²) < 4.78 is 37.9. The number of hydrogen-bond donors (Lipinski definition) is 0. The van der Waals surface area contributed by atoms with Gasteiger partial charge in [0.1, 0.15) is 22.8 Å². The number of rotatable bonds is 3. The molecule has 1 heterocycles. The average Bonchev–Trinajstić information content (AvgIpc) is 2.56. The molecule has 0 saturated carbocycles. The standard InChI is InChI=1S/C18H24F2N2O4/c1-18(2,3)26-17(24)22-9-7-21(8-10-22)11-12-5-6-13(19)14(15(12)20)16(23)25-4/h5-6H,7-11H2,1-4H3. The molecular formula is C18H24F2N2O4. The van der Waals surface area contributed by atoms with Crippen LogP contribution in [0.3, 0.4) is 0 Å². The van der Waals surface area contributed by atoms with E-state index in [1.54, 1.807) is 25.7 Å². The van der Waals surface area contributed by atoms with E-state index in [0.29, 0.717) is 26.2 Å². The van der Waals surface area contributed by atoms with E-state index in [1.165, 1.54) is 6.07 Å². The highest BCUT2D eigenvalue weighted by atomic mass is 19.1. The molecule has 0 aromatic heterocycles. The Bertz CT molecular complexity index is 681. The molecule has 8 heteroatoms. The molecule has 0 radical (unpaired) electrons. The summed E-state index contributed by atoms with van der Waals surface area (Å²) in [7, 11) is 1.07. The van der Waals surface area contributed by atoms with Crippen molar-refractivity contribution in [1.82, 2.24) is 9.80 Å². The monoisotopic (exact) mass is 370 g/mol. The summed E-state index contributed by atoms with van der Waals surface area (Å²) in [6.45, 7) is 7.54. The first-order chi connectivity index (χ1) is 12.1. The Hall–Kier alpha value is -2.22. The lowest BCUT2D eigenvalue weighted by atomic mass is 10.1.